The summed E-state index contributed by atoms with van der Waals surface area (Å²) < 4.78 is 1.23. The Morgan fingerprint density at radius 3 is 1.73 bits per heavy atom. The molecule has 0 radical (unpaired) electrons. The highest BCUT2D eigenvalue weighted by molar-refractivity contribution is 9.10. The number of non-ortho nitro benzene ring substituents is 2. The van der Waals surface area contributed by atoms with Gasteiger partial charge in [-0.3, -0.25) is 20.2 Å². The Morgan fingerprint density at radius 1 is 0.864 bits per heavy atom. The number of aryl methyl sites for hydroxylation is 1. The lowest BCUT2D eigenvalue weighted by atomic mass is 10.2. The molecule has 0 fully saturated rings. The number of phenols is 1. The largest absolute Gasteiger partial charge is 0.508 e. The summed E-state index contributed by atoms with van der Waals surface area (Å²) in [5.41, 5.74) is 0.875. The molecule has 0 aliphatic rings. The molecular weight excluding hydrogens is 424 g/mol. The lowest BCUT2D eigenvalue weighted by Crippen LogP contribution is -1.87. The van der Waals surface area contributed by atoms with Gasteiger partial charge in [0, 0.05) is 27.1 Å². The molecule has 0 aliphatic heterocycles. The normalized spacial score (nSPS) is 9.59. The summed E-state index contributed by atoms with van der Waals surface area (Å²) in [4.78, 5) is 19.5. The molecule has 2 aromatic carbocycles. The molecule has 2 aromatic rings. The minimum atomic E-state index is -0.565. The quantitative estimate of drug-likeness (QED) is 0.544. The van der Waals surface area contributed by atoms with Crippen LogP contribution >= 0.6 is 31.9 Å². The average molecular weight is 434 g/mol. The highest BCUT2D eigenvalue weighted by atomic mass is 79.9. The SMILES string of the molecule is Cc1cc(Br)cc([N+](=O)[O-])c1.O=[N+]([O-])c1cc(O)cc(Br)c1. The number of halogens is 2. The first-order chi connectivity index (χ1) is 10.2. The number of phenolic OH excluding ortho intramolecular Hbond substituents is 1. The maximum absolute atomic E-state index is 10.3. The monoisotopic (exact) mass is 432 g/mol. The van der Waals surface area contributed by atoms with E-state index >= 15 is 0 Å². The summed E-state index contributed by atoms with van der Waals surface area (Å²) in [7, 11) is 0. The van der Waals surface area contributed by atoms with Gasteiger partial charge in [0.25, 0.3) is 11.4 Å². The van der Waals surface area contributed by atoms with Gasteiger partial charge in [-0.15, -0.1) is 0 Å². The molecular formula is C13H10Br2N2O5. The lowest BCUT2D eigenvalue weighted by Gasteiger charge is -1.94. The van der Waals surface area contributed by atoms with Crippen LogP contribution in [0.3, 0.4) is 0 Å². The minimum absolute atomic E-state index is 0.119. The Labute approximate surface area is 142 Å². The Hall–Kier alpha value is -2.00. The van der Waals surface area contributed by atoms with Crippen LogP contribution in [-0.2, 0) is 0 Å². The summed E-state index contributed by atoms with van der Waals surface area (Å²) in [6.45, 7) is 1.82. The first-order valence-corrected chi connectivity index (χ1v) is 7.33. The summed E-state index contributed by atoms with van der Waals surface area (Å²) in [6, 6.07) is 8.63. The zero-order chi connectivity index (χ0) is 16.9. The minimum Gasteiger partial charge on any atom is -0.508 e. The molecule has 116 valence electrons. The molecule has 0 heterocycles. The molecule has 2 rings (SSSR count). The van der Waals surface area contributed by atoms with Gasteiger partial charge in [-0.05, 0) is 24.6 Å². The van der Waals surface area contributed by atoms with Gasteiger partial charge in [0.1, 0.15) is 5.75 Å². The van der Waals surface area contributed by atoms with Gasteiger partial charge in [0.15, 0.2) is 0 Å². The number of nitro benzene ring substituents is 2. The number of nitro groups is 2. The molecule has 22 heavy (non-hydrogen) atoms. The average Bonchev–Trinajstić information content (AvgIpc) is 2.37. The predicted octanol–water partition coefficient (Wildman–Crippen LogP) is 4.73. The Morgan fingerprint density at radius 2 is 1.32 bits per heavy atom. The van der Waals surface area contributed by atoms with E-state index in [-0.39, 0.29) is 17.1 Å². The van der Waals surface area contributed by atoms with E-state index in [1.54, 1.807) is 0 Å². The van der Waals surface area contributed by atoms with Crippen LogP contribution in [0.2, 0.25) is 0 Å². The smallest absolute Gasteiger partial charge is 0.274 e. The van der Waals surface area contributed by atoms with Gasteiger partial charge in [0.05, 0.1) is 15.9 Å². The molecule has 0 amide bonds. The van der Waals surface area contributed by atoms with Crippen molar-refractivity contribution in [2.75, 3.05) is 0 Å². The van der Waals surface area contributed by atoms with E-state index in [1.807, 2.05) is 13.0 Å². The molecule has 0 atom stereocenters. The van der Waals surface area contributed by atoms with Gasteiger partial charge >= 0.3 is 0 Å². The number of hydrogen-bond acceptors (Lipinski definition) is 5. The second kappa shape index (κ2) is 7.85. The number of aromatic hydroxyl groups is 1. The molecule has 7 nitrogen and oxygen atoms in total. The molecule has 0 unspecified atom stereocenters. The second-order valence-corrected chi connectivity index (χ2v) is 6.00. The van der Waals surface area contributed by atoms with E-state index in [1.165, 1.54) is 24.3 Å². The number of hydrogen-bond donors (Lipinski definition) is 1. The third-order valence-electron chi connectivity index (χ3n) is 2.32. The van der Waals surface area contributed by atoms with Crippen molar-refractivity contribution in [3.63, 3.8) is 0 Å². The summed E-state index contributed by atoms with van der Waals surface area (Å²) >= 11 is 6.19. The van der Waals surface area contributed by atoms with Crippen LogP contribution in [0.1, 0.15) is 5.56 Å². The van der Waals surface area contributed by atoms with E-state index in [0.29, 0.717) is 4.47 Å². The van der Waals surface area contributed by atoms with Crippen LogP contribution in [0.4, 0.5) is 11.4 Å². The first kappa shape index (κ1) is 18.1. The Bertz CT molecular complexity index is 620. The van der Waals surface area contributed by atoms with Gasteiger partial charge < -0.3 is 5.11 Å². The van der Waals surface area contributed by atoms with Crippen LogP contribution in [0.25, 0.3) is 0 Å². The van der Waals surface area contributed by atoms with Crippen molar-refractivity contribution in [3.8, 4) is 5.75 Å². The Balaban J connectivity index is 0.000000220. The van der Waals surface area contributed by atoms with E-state index in [2.05, 4.69) is 31.9 Å². The van der Waals surface area contributed by atoms with Crippen LogP contribution in [0.5, 0.6) is 5.75 Å². The van der Waals surface area contributed by atoms with Crippen molar-refractivity contribution in [2.45, 2.75) is 6.92 Å². The van der Waals surface area contributed by atoms with E-state index in [4.69, 9.17) is 5.11 Å². The topological polar surface area (TPSA) is 107 Å². The van der Waals surface area contributed by atoms with Crippen molar-refractivity contribution in [3.05, 3.63) is 71.1 Å². The maximum atomic E-state index is 10.3. The highest BCUT2D eigenvalue weighted by Crippen LogP contribution is 2.24. The first-order valence-electron chi connectivity index (χ1n) is 5.74. The summed E-state index contributed by atoms with van der Waals surface area (Å²) in [6.07, 6.45) is 0. The van der Waals surface area contributed by atoms with Gasteiger partial charge in [-0.25, -0.2) is 0 Å². The van der Waals surface area contributed by atoms with Crippen LogP contribution in [0, 0.1) is 27.2 Å². The predicted molar refractivity (Wildman–Crippen MR) is 88.0 cm³/mol. The zero-order valence-corrected chi connectivity index (χ0v) is 14.4. The number of benzene rings is 2. The van der Waals surface area contributed by atoms with Crippen molar-refractivity contribution in [2.24, 2.45) is 0 Å². The van der Waals surface area contributed by atoms with Crippen LogP contribution in [-0.4, -0.2) is 15.0 Å². The number of rotatable bonds is 2. The maximum Gasteiger partial charge on any atom is 0.274 e. The molecule has 0 saturated heterocycles. The fourth-order valence-corrected chi connectivity index (χ4v) is 2.55. The van der Waals surface area contributed by atoms with Crippen LogP contribution in [0.15, 0.2) is 45.3 Å². The van der Waals surface area contributed by atoms with E-state index < -0.39 is 9.85 Å². The van der Waals surface area contributed by atoms with Crippen molar-refractivity contribution >= 4 is 43.2 Å². The summed E-state index contributed by atoms with van der Waals surface area (Å²) in [5.74, 6) is -0.119. The van der Waals surface area contributed by atoms with E-state index in [0.717, 1.165) is 16.1 Å². The van der Waals surface area contributed by atoms with E-state index in [9.17, 15) is 20.2 Å². The molecule has 0 aromatic heterocycles. The molecule has 0 bridgehead atoms. The summed E-state index contributed by atoms with van der Waals surface area (Å²) in [5, 5.41) is 29.4. The molecule has 0 spiro atoms. The molecule has 1 N–H and O–H groups in total. The molecule has 0 aliphatic carbocycles. The van der Waals surface area contributed by atoms with Crippen molar-refractivity contribution < 1.29 is 15.0 Å². The fraction of sp³-hybridized carbons (Fsp3) is 0.0769. The van der Waals surface area contributed by atoms with Gasteiger partial charge in [-0.1, -0.05) is 31.9 Å². The van der Waals surface area contributed by atoms with Gasteiger partial charge in [0.2, 0.25) is 0 Å². The zero-order valence-electron chi connectivity index (χ0n) is 11.2. The van der Waals surface area contributed by atoms with Crippen molar-refractivity contribution in [1.29, 1.82) is 0 Å². The highest BCUT2D eigenvalue weighted by Gasteiger charge is 2.07. The number of nitrogens with zero attached hydrogens (tertiary/aromatic N) is 2. The molecule has 9 heteroatoms. The standard InChI is InChI=1S/C7H6BrNO2.C6H4BrNO3/c1-5-2-6(8)4-7(3-5)9(10)11;7-4-1-5(8(10)11)3-6(9)2-4/h2-4H,1H3;1-3,9H. The second-order valence-electron chi connectivity index (χ2n) is 4.17. The van der Waals surface area contributed by atoms with Crippen molar-refractivity contribution in [1.82, 2.24) is 0 Å². The third-order valence-corrected chi connectivity index (χ3v) is 3.23. The van der Waals surface area contributed by atoms with Gasteiger partial charge in [-0.2, -0.15) is 0 Å². The Kier molecular flexibility index (Phi) is 6.44. The third kappa shape index (κ3) is 5.78. The lowest BCUT2D eigenvalue weighted by molar-refractivity contribution is -0.385. The fourth-order valence-electron chi connectivity index (χ4n) is 1.49. The van der Waals surface area contributed by atoms with Crippen LogP contribution < -0.4 is 0 Å². The molecule has 0 saturated carbocycles.